The third-order valence-corrected chi connectivity index (χ3v) is 5.64. The first-order valence-electron chi connectivity index (χ1n) is 7.98. The van der Waals surface area contributed by atoms with Crippen molar-refractivity contribution in [1.29, 1.82) is 0 Å². The van der Waals surface area contributed by atoms with Gasteiger partial charge in [0.1, 0.15) is 0 Å². The van der Waals surface area contributed by atoms with E-state index in [1.165, 1.54) is 30.6 Å². The third-order valence-electron chi connectivity index (χ3n) is 3.79. The molecule has 0 saturated carbocycles. The van der Waals surface area contributed by atoms with E-state index in [-0.39, 0.29) is 29.0 Å². The Morgan fingerprint density at radius 2 is 2.20 bits per heavy atom. The van der Waals surface area contributed by atoms with Crippen LogP contribution in [-0.4, -0.2) is 78.4 Å². The Hall–Kier alpha value is -1.52. The average molecular weight is 372 g/mol. The number of amides is 1. The molecule has 140 valence electrons. The normalized spacial score (nSPS) is 18.3. The number of rotatable bonds is 8. The van der Waals surface area contributed by atoms with Crippen molar-refractivity contribution in [3.05, 3.63) is 29.8 Å². The smallest absolute Gasteiger partial charge is 0.251 e. The lowest BCUT2D eigenvalue weighted by atomic mass is 10.2. The first-order chi connectivity index (χ1) is 11.9. The Labute approximate surface area is 148 Å². The lowest BCUT2D eigenvalue weighted by molar-refractivity contribution is -0.0855. The predicted octanol–water partition coefficient (Wildman–Crippen LogP) is 0.0987. The van der Waals surface area contributed by atoms with Gasteiger partial charge in [0.05, 0.1) is 37.4 Å². The number of hydrogen-bond acceptors (Lipinski definition) is 6. The van der Waals surface area contributed by atoms with Gasteiger partial charge < -0.3 is 19.5 Å². The van der Waals surface area contributed by atoms with Crippen molar-refractivity contribution in [2.45, 2.75) is 11.0 Å². The molecular formula is C16H24N2O6S. The molecule has 1 aliphatic heterocycles. The maximum Gasteiger partial charge on any atom is 0.251 e. The fraction of sp³-hybridized carbons (Fsp3) is 0.562. The molecule has 1 N–H and O–H groups in total. The van der Waals surface area contributed by atoms with Gasteiger partial charge in [0, 0.05) is 32.8 Å². The summed E-state index contributed by atoms with van der Waals surface area (Å²) in [5, 5.41) is 2.74. The molecule has 9 heteroatoms. The van der Waals surface area contributed by atoms with Crippen LogP contribution in [0.1, 0.15) is 10.4 Å². The second kappa shape index (κ2) is 9.25. The molecule has 1 aliphatic rings. The number of ether oxygens (including phenoxy) is 3. The summed E-state index contributed by atoms with van der Waals surface area (Å²) in [7, 11) is -0.694. The average Bonchev–Trinajstić information content (AvgIpc) is 2.65. The van der Waals surface area contributed by atoms with E-state index in [1.54, 1.807) is 12.1 Å². The first kappa shape index (κ1) is 19.8. The summed E-state index contributed by atoms with van der Waals surface area (Å²) in [6.07, 6.45) is -0.190. The van der Waals surface area contributed by atoms with E-state index in [0.29, 0.717) is 33.0 Å². The molecule has 0 bridgehead atoms. The highest BCUT2D eigenvalue weighted by molar-refractivity contribution is 7.89. The van der Waals surface area contributed by atoms with Crippen LogP contribution in [0.5, 0.6) is 0 Å². The zero-order valence-electron chi connectivity index (χ0n) is 14.4. The van der Waals surface area contributed by atoms with Crippen molar-refractivity contribution in [3.8, 4) is 0 Å². The van der Waals surface area contributed by atoms with Crippen LogP contribution in [0.4, 0.5) is 0 Å². The van der Waals surface area contributed by atoms with Gasteiger partial charge >= 0.3 is 0 Å². The molecule has 1 fully saturated rings. The number of nitrogens with zero attached hydrogens (tertiary/aromatic N) is 1. The Kier molecular flexibility index (Phi) is 7.33. The van der Waals surface area contributed by atoms with Gasteiger partial charge in [0.2, 0.25) is 10.0 Å². The van der Waals surface area contributed by atoms with Crippen molar-refractivity contribution in [2.24, 2.45) is 0 Å². The summed E-state index contributed by atoms with van der Waals surface area (Å²) < 4.78 is 41.9. The topological polar surface area (TPSA) is 94.2 Å². The van der Waals surface area contributed by atoms with E-state index in [2.05, 4.69) is 5.32 Å². The second-order valence-electron chi connectivity index (χ2n) is 5.62. The minimum Gasteiger partial charge on any atom is -0.383 e. The quantitative estimate of drug-likeness (QED) is 0.696. The van der Waals surface area contributed by atoms with Gasteiger partial charge in [-0.05, 0) is 18.2 Å². The maximum absolute atomic E-state index is 12.5. The van der Waals surface area contributed by atoms with Crippen molar-refractivity contribution in [1.82, 2.24) is 9.62 Å². The number of methoxy groups -OCH3 is 1. The molecule has 1 heterocycles. The molecule has 8 nitrogen and oxygen atoms in total. The monoisotopic (exact) mass is 372 g/mol. The van der Waals surface area contributed by atoms with Gasteiger partial charge in [-0.1, -0.05) is 6.07 Å². The zero-order chi connectivity index (χ0) is 18.3. The van der Waals surface area contributed by atoms with Crippen molar-refractivity contribution < 1.29 is 27.4 Å². The largest absolute Gasteiger partial charge is 0.383 e. The molecule has 0 spiro atoms. The van der Waals surface area contributed by atoms with Crippen LogP contribution in [0, 0.1) is 0 Å². The highest BCUT2D eigenvalue weighted by atomic mass is 32.2. The van der Waals surface area contributed by atoms with Crippen molar-refractivity contribution >= 4 is 15.9 Å². The SMILES string of the molecule is COCCN(C)S(=O)(=O)c1cccc(C(=O)NCC2COCCO2)c1. The third kappa shape index (κ3) is 5.48. The van der Waals surface area contributed by atoms with Crippen LogP contribution in [0.25, 0.3) is 0 Å². The van der Waals surface area contributed by atoms with Crippen LogP contribution < -0.4 is 5.32 Å². The minimum atomic E-state index is -3.67. The molecular weight excluding hydrogens is 348 g/mol. The molecule has 25 heavy (non-hydrogen) atoms. The van der Waals surface area contributed by atoms with E-state index in [1.807, 2.05) is 0 Å². The number of carbonyl (C=O) groups is 1. The van der Waals surface area contributed by atoms with Crippen LogP contribution in [0.2, 0.25) is 0 Å². The molecule has 1 amide bonds. The fourth-order valence-corrected chi connectivity index (χ4v) is 3.48. The Morgan fingerprint density at radius 1 is 1.40 bits per heavy atom. The van der Waals surface area contributed by atoms with Crippen molar-refractivity contribution in [2.75, 3.05) is 53.7 Å². The van der Waals surface area contributed by atoms with Gasteiger partial charge in [0.25, 0.3) is 5.91 Å². The fourth-order valence-electron chi connectivity index (χ4n) is 2.28. The predicted molar refractivity (Wildman–Crippen MR) is 91.0 cm³/mol. The van der Waals surface area contributed by atoms with Gasteiger partial charge in [0.15, 0.2) is 0 Å². The van der Waals surface area contributed by atoms with Crippen LogP contribution in [-0.2, 0) is 24.2 Å². The summed E-state index contributed by atoms with van der Waals surface area (Å²) in [4.78, 5) is 12.3. The number of benzene rings is 1. The summed E-state index contributed by atoms with van der Waals surface area (Å²) in [6.45, 7) is 2.32. The van der Waals surface area contributed by atoms with E-state index < -0.39 is 10.0 Å². The molecule has 1 atom stereocenters. The lowest BCUT2D eigenvalue weighted by Crippen LogP contribution is -2.39. The molecule has 1 aromatic carbocycles. The molecule has 0 radical (unpaired) electrons. The van der Waals surface area contributed by atoms with E-state index in [4.69, 9.17) is 14.2 Å². The first-order valence-corrected chi connectivity index (χ1v) is 9.42. The van der Waals surface area contributed by atoms with Gasteiger partial charge in [-0.2, -0.15) is 4.31 Å². The van der Waals surface area contributed by atoms with E-state index in [9.17, 15) is 13.2 Å². The maximum atomic E-state index is 12.5. The Bertz CT molecular complexity index is 673. The number of nitrogens with one attached hydrogen (secondary N) is 1. The molecule has 0 aromatic heterocycles. The number of carbonyl (C=O) groups excluding carboxylic acids is 1. The number of sulfonamides is 1. The molecule has 2 rings (SSSR count). The molecule has 1 unspecified atom stereocenters. The highest BCUT2D eigenvalue weighted by Crippen LogP contribution is 2.16. The van der Waals surface area contributed by atoms with Crippen LogP contribution >= 0.6 is 0 Å². The summed E-state index contributed by atoms with van der Waals surface area (Å²) in [5.41, 5.74) is 0.276. The van der Waals surface area contributed by atoms with Gasteiger partial charge in [-0.3, -0.25) is 4.79 Å². The summed E-state index contributed by atoms with van der Waals surface area (Å²) in [6, 6.07) is 5.95. The Balaban J connectivity index is 2.02. The van der Waals surface area contributed by atoms with Gasteiger partial charge in [-0.25, -0.2) is 8.42 Å². The standard InChI is InChI=1S/C16H24N2O6S/c1-18(6-7-22-2)25(20,21)15-5-3-4-13(10-15)16(19)17-11-14-12-23-8-9-24-14/h3-5,10,14H,6-9,11-12H2,1-2H3,(H,17,19). The van der Waals surface area contributed by atoms with Crippen molar-refractivity contribution in [3.63, 3.8) is 0 Å². The number of likely N-dealkylation sites (N-methyl/N-ethyl adjacent to an activating group) is 1. The van der Waals surface area contributed by atoms with Gasteiger partial charge in [-0.15, -0.1) is 0 Å². The minimum absolute atomic E-state index is 0.0657. The van der Waals surface area contributed by atoms with Crippen LogP contribution in [0.3, 0.4) is 0 Å². The summed E-state index contributed by atoms with van der Waals surface area (Å²) in [5.74, 6) is -0.356. The lowest BCUT2D eigenvalue weighted by Gasteiger charge is -2.23. The highest BCUT2D eigenvalue weighted by Gasteiger charge is 2.22. The van der Waals surface area contributed by atoms with E-state index in [0.717, 1.165) is 0 Å². The number of hydrogen-bond donors (Lipinski definition) is 1. The molecule has 1 aromatic rings. The zero-order valence-corrected chi connectivity index (χ0v) is 15.3. The molecule has 1 saturated heterocycles. The van der Waals surface area contributed by atoms with Crippen LogP contribution in [0.15, 0.2) is 29.2 Å². The summed E-state index contributed by atoms with van der Waals surface area (Å²) >= 11 is 0. The van der Waals surface area contributed by atoms with E-state index >= 15 is 0 Å². The molecule has 0 aliphatic carbocycles. The Morgan fingerprint density at radius 3 is 2.88 bits per heavy atom. The second-order valence-corrected chi connectivity index (χ2v) is 7.67.